The van der Waals surface area contributed by atoms with E-state index in [1.807, 2.05) is 13.1 Å². The van der Waals surface area contributed by atoms with E-state index >= 15 is 0 Å². The van der Waals surface area contributed by atoms with Crippen molar-refractivity contribution in [1.82, 2.24) is 5.32 Å². The van der Waals surface area contributed by atoms with Crippen molar-refractivity contribution in [3.05, 3.63) is 53.2 Å². The molecule has 0 atom stereocenters. The molecule has 0 saturated heterocycles. The number of benzene rings is 1. The van der Waals surface area contributed by atoms with Gasteiger partial charge in [0.2, 0.25) is 0 Å². The van der Waals surface area contributed by atoms with Crippen molar-refractivity contribution in [2.24, 2.45) is 0 Å². The molecule has 3 nitrogen and oxygen atoms in total. The van der Waals surface area contributed by atoms with Crippen molar-refractivity contribution >= 4 is 0 Å². The van der Waals surface area contributed by atoms with E-state index in [0.29, 0.717) is 17.9 Å². The monoisotopic (exact) mass is 249 g/mol. The van der Waals surface area contributed by atoms with Crippen molar-refractivity contribution in [2.45, 2.75) is 20.1 Å². The van der Waals surface area contributed by atoms with Crippen LogP contribution >= 0.6 is 0 Å². The lowest BCUT2D eigenvalue weighted by Crippen LogP contribution is -2.03. The maximum atomic E-state index is 13.3. The van der Waals surface area contributed by atoms with Gasteiger partial charge in [0.25, 0.3) is 0 Å². The molecule has 2 rings (SSSR count). The van der Waals surface area contributed by atoms with E-state index in [4.69, 9.17) is 9.15 Å². The summed E-state index contributed by atoms with van der Waals surface area (Å²) in [5.74, 6) is 0.966. The molecular weight excluding hydrogens is 233 g/mol. The quantitative estimate of drug-likeness (QED) is 0.884. The van der Waals surface area contributed by atoms with Gasteiger partial charge in [0, 0.05) is 18.2 Å². The molecule has 0 amide bonds. The van der Waals surface area contributed by atoms with Gasteiger partial charge in [0.05, 0.1) is 6.26 Å². The summed E-state index contributed by atoms with van der Waals surface area (Å²) in [6.45, 7) is 2.77. The van der Waals surface area contributed by atoms with Crippen LogP contribution < -0.4 is 10.1 Å². The molecule has 0 bridgehead atoms. The summed E-state index contributed by atoms with van der Waals surface area (Å²) in [4.78, 5) is 0. The van der Waals surface area contributed by atoms with Gasteiger partial charge in [0.1, 0.15) is 23.9 Å². The lowest BCUT2D eigenvalue weighted by Gasteiger charge is -2.05. The first kappa shape index (κ1) is 12.6. The Morgan fingerprint density at radius 3 is 2.89 bits per heavy atom. The highest BCUT2D eigenvalue weighted by molar-refractivity contribution is 5.28. The Hall–Kier alpha value is -1.81. The van der Waals surface area contributed by atoms with Crippen LogP contribution in [0, 0.1) is 12.7 Å². The number of nitrogens with one attached hydrogen (secondary N) is 1. The number of aryl methyl sites for hydroxylation is 1. The summed E-state index contributed by atoms with van der Waals surface area (Å²) in [5.41, 5.74) is 1.67. The van der Waals surface area contributed by atoms with Crippen LogP contribution in [0.2, 0.25) is 0 Å². The molecule has 1 heterocycles. The zero-order valence-electron chi connectivity index (χ0n) is 10.5. The van der Waals surface area contributed by atoms with E-state index in [2.05, 4.69) is 5.32 Å². The SMILES string of the molecule is CNCc1coc(COc2ccc(C)c(F)c2)c1. The van der Waals surface area contributed by atoms with Crippen LogP contribution in [0.15, 0.2) is 34.9 Å². The van der Waals surface area contributed by atoms with Crippen LogP contribution in [0.5, 0.6) is 5.75 Å². The summed E-state index contributed by atoms with van der Waals surface area (Å²) in [6.07, 6.45) is 1.69. The van der Waals surface area contributed by atoms with Gasteiger partial charge in [-0.15, -0.1) is 0 Å². The molecule has 1 aromatic heterocycles. The maximum Gasteiger partial charge on any atom is 0.146 e. The molecule has 0 fully saturated rings. The first-order valence-corrected chi connectivity index (χ1v) is 5.79. The van der Waals surface area contributed by atoms with Crippen molar-refractivity contribution in [3.8, 4) is 5.75 Å². The van der Waals surface area contributed by atoms with Gasteiger partial charge in [-0.25, -0.2) is 4.39 Å². The molecular formula is C14H16FNO2. The number of furan rings is 1. The smallest absolute Gasteiger partial charge is 0.146 e. The maximum absolute atomic E-state index is 13.3. The van der Waals surface area contributed by atoms with E-state index in [0.717, 1.165) is 17.9 Å². The average molecular weight is 249 g/mol. The average Bonchev–Trinajstić information content (AvgIpc) is 2.79. The topological polar surface area (TPSA) is 34.4 Å². The predicted octanol–water partition coefficient (Wildman–Crippen LogP) is 3.03. The van der Waals surface area contributed by atoms with E-state index in [1.165, 1.54) is 6.07 Å². The first-order chi connectivity index (χ1) is 8.69. The molecule has 96 valence electrons. The van der Waals surface area contributed by atoms with Gasteiger partial charge >= 0.3 is 0 Å². The summed E-state index contributed by atoms with van der Waals surface area (Å²) in [6, 6.07) is 6.74. The van der Waals surface area contributed by atoms with Gasteiger partial charge in [-0.1, -0.05) is 6.07 Å². The van der Waals surface area contributed by atoms with Crippen LogP contribution in [0.3, 0.4) is 0 Å². The fourth-order valence-electron chi connectivity index (χ4n) is 1.62. The molecule has 1 aromatic carbocycles. The molecule has 2 aromatic rings. The highest BCUT2D eigenvalue weighted by Gasteiger charge is 2.04. The Kier molecular flexibility index (Phi) is 3.99. The van der Waals surface area contributed by atoms with Crippen molar-refractivity contribution in [3.63, 3.8) is 0 Å². The van der Waals surface area contributed by atoms with Crippen molar-refractivity contribution in [1.29, 1.82) is 0 Å². The number of hydrogen-bond donors (Lipinski definition) is 1. The fraction of sp³-hybridized carbons (Fsp3) is 0.286. The Bertz CT molecular complexity index is 522. The van der Waals surface area contributed by atoms with E-state index in [-0.39, 0.29) is 5.82 Å². The molecule has 1 N–H and O–H groups in total. The predicted molar refractivity (Wildman–Crippen MR) is 66.9 cm³/mol. The summed E-state index contributed by atoms with van der Waals surface area (Å²) in [7, 11) is 1.87. The summed E-state index contributed by atoms with van der Waals surface area (Å²) in [5, 5.41) is 3.03. The molecule has 0 unspecified atom stereocenters. The van der Waals surface area contributed by atoms with Crippen molar-refractivity contribution in [2.75, 3.05) is 7.05 Å². The highest BCUT2D eigenvalue weighted by atomic mass is 19.1. The standard InChI is InChI=1S/C14H16FNO2/c1-10-3-4-12(6-14(10)15)18-9-13-5-11(7-16-2)8-17-13/h3-6,8,16H,7,9H2,1-2H3. The molecule has 0 aliphatic carbocycles. The largest absolute Gasteiger partial charge is 0.486 e. The molecule has 0 aliphatic rings. The molecule has 4 heteroatoms. The zero-order valence-corrected chi connectivity index (χ0v) is 10.5. The van der Waals surface area contributed by atoms with Gasteiger partial charge in [-0.2, -0.15) is 0 Å². The second-order valence-electron chi connectivity index (χ2n) is 4.15. The van der Waals surface area contributed by atoms with Gasteiger partial charge in [-0.3, -0.25) is 0 Å². The zero-order chi connectivity index (χ0) is 13.0. The molecule has 18 heavy (non-hydrogen) atoms. The third kappa shape index (κ3) is 3.11. The minimum atomic E-state index is -0.261. The minimum absolute atomic E-state index is 0.261. The first-order valence-electron chi connectivity index (χ1n) is 5.79. The van der Waals surface area contributed by atoms with Crippen LogP contribution in [0.25, 0.3) is 0 Å². The Morgan fingerprint density at radius 1 is 1.33 bits per heavy atom. The number of hydrogen-bond acceptors (Lipinski definition) is 3. The van der Waals surface area contributed by atoms with E-state index in [9.17, 15) is 4.39 Å². The second kappa shape index (κ2) is 5.69. The minimum Gasteiger partial charge on any atom is -0.486 e. The van der Waals surface area contributed by atoms with E-state index < -0.39 is 0 Å². The lowest BCUT2D eigenvalue weighted by atomic mass is 10.2. The Balaban J connectivity index is 1.95. The van der Waals surface area contributed by atoms with Crippen LogP contribution in [0.4, 0.5) is 4.39 Å². The normalized spacial score (nSPS) is 10.6. The molecule has 0 aliphatic heterocycles. The summed E-state index contributed by atoms with van der Waals surface area (Å²) < 4.78 is 24.1. The van der Waals surface area contributed by atoms with Gasteiger partial charge in [0.15, 0.2) is 0 Å². The third-order valence-corrected chi connectivity index (χ3v) is 2.61. The fourth-order valence-corrected chi connectivity index (χ4v) is 1.62. The molecule has 0 radical (unpaired) electrons. The summed E-state index contributed by atoms with van der Waals surface area (Å²) >= 11 is 0. The van der Waals surface area contributed by atoms with Crippen LogP contribution in [-0.4, -0.2) is 7.05 Å². The number of halogens is 1. The Morgan fingerprint density at radius 2 is 2.17 bits per heavy atom. The lowest BCUT2D eigenvalue weighted by molar-refractivity contribution is 0.269. The number of ether oxygens (including phenoxy) is 1. The van der Waals surface area contributed by atoms with Crippen molar-refractivity contribution < 1.29 is 13.5 Å². The van der Waals surface area contributed by atoms with Gasteiger partial charge < -0.3 is 14.5 Å². The molecule has 0 saturated carbocycles. The highest BCUT2D eigenvalue weighted by Crippen LogP contribution is 2.18. The van der Waals surface area contributed by atoms with Crippen LogP contribution in [-0.2, 0) is 13.2 Å². The van der Waals surface area contributed by atoms with E-state index in [1.54, 1.807) is 25.3 Å². The molecule has 0 spiro atoms. The second-order valence-corrected chi connectivity index (χ2v) is 4.15. The number of rotatable bonds is 5. The third-order valence-electron chi connectivity index (χ3n) is 2.61. The Labute approximate surface area is 106 Å². The van der Waals surface area contributed by atoms with Gasteiger partial charge in [-0.05, 0) is 31.7 Å². The van der Waals surface area contributed by atoms with Crippen LogP contribution in [0.1, 0.15) is 16.9 Å².